The summed E-state index contributed by atoms with van der Waals surface area (Å²) in [5.74, 6) is 0. The zero-order valence-electron chi connectivity index (χ0n) is 13.4. The largest absolute Gasteiger partial charge is 0.256 e. The zero-order valence-corrected chi connectivity index (χ0v) is 13.4. The molecule has 0 fully saturated rings. The molecule has 0 aliphatic heterocycles. The minimum absolute atomic E-state index is 0.00584. The topological polar surface area (TPSA) is 25.8 Å². The Bertz CT molecular complexity index is 587. The fourth-order valence-electron chi connectivity index (χ4n) is 2.18. The fourth-order valence-corrected chi connectivity index (χ4v) is 2.18. The molecule has 106 valence electrons. The summed E-state index contributed by atoms with van der Waals surface area (Å²) in [6, 6.07) is 10.3. The molecular weight excluding hydrogens is 244 g/mol. The van der Waals surface area contributed by atoms with Gasteiger partial charge < -0.3 is 0 Å². The highest BCUT2D eigenvalue weighted by molar-refractivity contribution is 5.63. The van der Waals surface area contributed by atoms with Gasteiger partial charge >= 0.3 is 0 Å². The first-order chi connectivity index (χ1) is 9.19. The summed E-state index contributed by atoms with van der Waals surface area (Å²) in [6.07, 6.45) is 1.83. The van der Waals surface area contributed by atoms with E-state index in [1.165, 1.54) is 0 Å². The van der Waals surface area contributed by atoms with Gasteiger partial charge in [-0.3, -0.25) is 9.97 Å². The summed E-state index contributed by atoms with van der Waals surface area (Å²) in [5, 5.41) is 0. The maximum atomic E-state index is 4.95. The number of nitrogens with zero attached hydrogens (tertiary/aromatic N) is 2. The van der Waals surface area contributed by atoms with Gasteiger partial charge in [-0.25, -0.2) is 0 Å². The summed E-state index contributed by atoms with van der Waals surface area (Å²) in [6.45, 7) is 13.2. The lowest BCUT2D eigenvalue weighted by Gasteiger charge is -2.26. The Labute approximate surface area is 122 Å². The molecule has 0 atom stereocenters. The predicted molar refractivity (Wildman–Crippen MR) is 84.9 cm³/mol. The lowest BCUT2D eigenvalue weighted by Crippen LogP contribution is -2.21. The molecule has 2 aromatic heterocycles. The Morgan fingerprint density at radius 1 is 0.800 bits per heavy atom. The molecule has 0 spiro atoms. The van der Waals surface area contributed by atoms with Crippen LogP contribution in [0.25, 0.3) is 11.3 Å². The summed E-state index contributed by atoms with van der Waals surface area (Å²) in [7, 11) is 0. The summed E-state index contributed by atoms with van der Waals surface area (Å²) in [4.78, 5) is 9.43. The molecule has 0 aromatic carbocycles. The van der Waals surface area contributed by atoms with Crippen molar-refractivity contribution in [2.24, 2.45) is 0 Å². The van der Waals surface area contributed by atoms with Gasteiger partial charge in [0.05, 0.1) is 11.4 Å². The fraction of sp³-hybridized carbons (Fsp3) is 0.444. The van der Waals surface area contributed by atoms with E-state index in [-0.39, 0.29) is 10.8 Å². The average molecular weight is 268 g/mol. The lowest BCUT2D eigenvalue weighted by molar-refractivity contribution is 0.532. The van der Waals surface area contributed by atoms with Gasteiger partial charge in [-0.05, 0) is 24.3 Å². The quantitative estimate of drug-likeness (QED) is 0.746. The van der Waals surface area contributed by atoms with E-state index >= 15 is 0 Å². The van der Waals surface area contributed by atoms with E-state index in [2.05, 4.69) is 58.7 Å². The van der Waals surface area contributed by atoms with Crippen molar-refractivity contribution in [1.82, 2.24) is 9.97 Å². The minimum Gasteiger partial charge on any atom is -0.256 e. The maximum absolute atomic E-state index is 4.95. The van der Waals surface area contributed by atoms with Crippen LogP contribution >= 0.6 is 0 Å². The number of hydrogen-bond donors (Lipinski definition) is 0. The number of pyridine rings is 2. The molecule has 0 aliphatic carbocycles. The number of aromatic nitrogens is 2. The zero-order chi connectivity index (χ0) is 15.0. The van der Waals surface area contributed by atoms with E-state index in [1.54, 1.807) is 0 Å². The number of rotatable bonds is 1. The molecule has 0 N–H and O–H groups in total. The van der Waals surface area contributed by atoms with Crippen LogP contribution in [-0.2, 0) is 10.8 Å². The Kier molecular flexibility index (Phi) is 3.68. The van der Waals surface area contributed by atoms with Crippen LogP contribution in [0.15, 0.2) is 36.5 Å². The van der Waals surface area contributed by atoms with Gasteiger partial charge in [0.2, 0.25) is 0 Å². The molecule has 2 heteroatoms. The van der Waals surface area contributed by atoms with Crippen LogP contribution in [-0.4, -0.2) is 9.97 Å². The smallest absolute Gasteiger partial charge is 0.0720 e. The summed E-state index contributed by atoms with van der Waals surface area (Å²) in [5.41, 5.74) is 4.42. The second-order valence-corrected chi connectivity index (χ2v) is 7.31. The molecule has 2 nitrogen and oxygen atoms in total. The van der Waals surface area contributed by atoms with Crippen LogP contribution in [0, 0.1) is 0 Å². The third kappa shape index (κ3) is 3.06. The Hall–Kier alpha value is -1.70. The molecule has 0 amide bonds. The highest BCUT2D eigenvalue weighted by Crippen LogP contribution is 2.33. The van der Waals surface area contributed by atoms with Crippen LogP contribution in [0.4, 0.5) is 0 Å². The summed E-state index contributed by atoms with van der Waals surface area (Å²) >= 11 is 0. The van der Waals surface area contributed by atoms with Crippen LogP contribution in [0.3, 0.4) is 0 Å². The van der Waals surface area contributed by atoms with Crippen molar-refractivity contribution >= 4 is 0 Å². The Balaban J connectivity index is 2.65. The van der Waals surface area contributed by atoms with E-state index in [9.17, 15) is 0 Å². The molecule has 0 aliphatic rings. The molecule has 0 bridgehead atoms. The number of hydrogen-bond acceptors (Lipinski definition) is 2. The molecule has 2 rings (SSSR count). The Morgan fingerprint density at radius 3 is 2.00 bits per heavy atom. The summed E-state index contributed by atoms with van der Waals surface area (Å²) < 4.78 is 0. The van der Waals surface area contributed by atoms with Gasteiger partial charge in [-0.2, -0.15) is 0 Å². The second kappa shape index (κ2) is 5.01. The van der Waals surface area contributed by atoms with Crippen molar-refractivity contribution < 1.29 is 0 Å². The van der Waals surface area contributed by atoms with Crippen molar-refractivity contribution in [2.75, 3.05) is 0 Å². The highest BCUT2D eigenvalue weighted by Gasteiger charge is 2.24. The van der Waals surface area contributed by atoms with Crippen molar-refractivity contribution in [3.8, 4) is 11.3 Å². The first-order valence-corrected chi connectivity index (χ1v) is 7.13. The molecule has 2 aromatic rings. The predicted octanol–water partition coefficient (Wildman–Crippen LogP) is 4.74. The van der Waals surface area contributed by atoms with E-state index in [1.807, 2.05) is 24.4 Å². The van der Waals surface area contributed by atoms with Crippen LogP contribution in [0.2, 0.25) is 0 Å². The maximum Gasteiger partial charge on any atom is 0.0720 e. The molecule has 0 saturated heterocycles. The van der Waals surface area contributed by atoms with Gasteiger partial charge in [0.1, 0.15) is 0 Å². The van der Waals surface area contributed by atoms with Crippen molar-refractivity contribution in [2.45, 2.75) is 52.4 Å². The van der Waals surface area contributed by atoms with Crippen LogP contribution in [0.1, 0.15) is 52.9 Å². The van der Waals surface area contributed by atoms with E-state index in [0.29, 0.717) is 0 Å². The minimum atomic E-state index is -0.00584. The lowest BCUT2D eigenvalue weighted by atomic mass is 9.84. The molecule has 0 radical (unpaired) electrons. The molecular formula is C18H24N2. The van der Waals surface area contributed by atoms with Gasteiger partial charge in [-0.15, -0.1) is 0 Å². The first-order valence-electron chi connectivity index (χ1n) is 7.13. The molecule has 2 heterocycles. The van der Waals surface area contributed by atoms with E-state index in [0.717, 1.165) is 22.6 Å². The van der Waals surface area contributed by atoms with Crippen LogP contribution < -0.4 is 0 Å². The highest BCUT2D eigenvalue weighted by atomic mass is 14.8. The van der Waals surface area contributed by atoms with Gasteiger partial charge in [-0.1, -0.05) is 47.6 Å². The van der Waals surface area contributed by atoms with Crippen molar-refractivity contribution in [1.29, 1.82) is 0 Å². The van der Waals surface area contributed by atoms with E-state index < -0.39 is 0 Å². The third-order valence-corrected chi connectivity index (χ3v) is 3.31. The average Bonchev–Trinajstić information content (AvgIpc) is 2.37. The SMILES string of the molecule is CC(C)(C)c1ccc(-c2ccccn2)c(C(C)(C)C)n1. The van der Waals surface area contributed by atoms with Crippen molar-refractivity contribution in [3.63, 3.8) is 0 Å². The second-order valence-electron chi connectivity index (χ2n) is 7.31. The van der Waals surface area contributed by atoms with Gasteiger partial charge in [0, 0.05) is 28.3 Å². The standard InChI is InChI=1S/C18H24N2/c1-17(2,3)15-11-10-13(14-9-7-8-12-19-14)16(20-15)18(4,5)6/h7-12H,1-6H3. The monoisotopic (exact) mass is 268 g/mol. The molecule has 0 unspecified atom stereocenters. The molecule has 20 heavy (non-hydrogen) atoms. The molecule has 0 saturated carbocycles. The first kappa shape index (κ1) is 14.7. The van der Waals surface area contributed by atoms with Gasteiger partial charge in [0.15, 0.2) is 0 Å². The normalized spacial score (nSPS) is 12.5. The third-order valence-electron chi connectivity index (χ3n) is 3.31. The van der Waals surface area contributed by atoms with Gasteiger partial charge in [0.25, 0.3) is 0 Å². The van der Waals surface area contributed by atoms with E-state index in [4.69, 9.17) is 4.98 Å². The van der Waals surface area contributed by atoms with Crippen molar-refractivity contribution in [3.05, 3.63) is 47.9 Å². The van der Waals surface area contributed by atoms with Crippen LogP contribution in [0.5, 0.6) is 0 Å². The Morgan fingerprint density at radius 2 is 1.50 bits per heavy atom.